The highest BCUT2D eigenvalue weighted by Crippen LogP contribution is 2.30. The van der Waals surface area contributed by atoms with Crippen molar-refractivity contribution >= 4 is 17.3 Å². The molecule has 2 N–H and O–H groups in total. The van der Waals surface area contributed by atoms with Crippen molar-refractivity contribution in [1.29, 1.82) is 0 Å². The lowest BCUT2D eigenvalue weighted by Crippen LogP contribution is -2.25. The number of para-hydroxylation sites is 1. The maximum atomic E-state index is 12.3. The van der Waals surface area contributed by atoms with E-state index in [0.29, 0.717) is 23.9 Å². The van der Waals surface area contributed by atoms with E-state index in [2.05, 4.69) is 68.4 Å². The number of rotatable bonds is 7. The number of nitrogens with zero attached hydrogens (tertiary/aromatic N) is 1. The number of nitrogens with one attached hydrogen (secondary N) is 2. The summed E-state index contributed by atoms with van der Waals surface area (Å²) in [6.45, 7) is 11.4. The Morgan fingerprint density at radius 3 is 2.60 bits per heavy atom. The average Bonchev–Trinajstić information content (AvgIpc) is 2.56. The lowest BCUT2D eigenvalue weighted by molar-refractivity contribution is 0.0951. The van der Waals surface area contributed by atoms with E-state index in [-0.39, 0.29) is 5.91 Å². The first-order valence-electron chi connectivity index (χ1n) is 8.98. The summed E-state index contributed by atoms with van der Waals surface area (Å²) in [6.07, 6.45) is 4.33. The van der Waals surface area contributed by atoms with E-state index in [0.717, 1.165) is 17.8 Å². The molecule has 0 saturated carbocycles. The highest BCUT2D eigenvalue weighted by Gasteiger charge is 2.11. The Morgan fingerprint density at radius 1 is 1.16 bits per heavy atom. The number of aryl methyl sites for hydroxylation is 1. The van der Waals surface area contributed by atoms with Crippen molar-refractivity contribution in [3.05, 3.63) is 53.3 Å². The van der Waals surface area contributed by atoms with Gasteiger partial charge in [0.2, 0.25) is 0 Å². The lowest BCUT2D eigenvalue weighted by Gasteiger charge is -2.17. The SMILES string of the molecule is Cc1cccc(C(C)C)c1Nc1cncc(C(=O)NCCC(C)C)c1. The molecule has 1 aromatic heterocycles. The van der Waals surface area contributed by atoms with E-state index >= 15 is 0 Å². The summed E-state index contributed by atoms with van der Waals surface area (Å²) in [5.41, 5.74) is 4.93. The number of aromatic nitrogens is 1. The highest BCUT2D eigenvalue weighted by molar-refractivity contribution is 5.94. The fourth-order valence-electron chi connectivity index (χ4n) is 2.70. The zero-order valence-electron chi connectivity index (χ0n) is 15.9. The predicted octanol–water partition coefficient (Wildman–Crippen LogP) is 5.03. The summed E-state index contributed by atoms with van der Waals surface area (Å²) in [4.78, 5) is 16.5. The van der Waals surface area contributed by atoms with Gasteiger partial charge in [-0.1, -0.05) is 45.9 Å². The normalized spacial score (nSPS) is 11.0. The topological polar surface area (TPSA) is 54.0 Å². The molecule has 0 aliphatic carbocycles. The van der Waals surface area contributed by atoms with E-state index in [9.17, 15) is 4.79 Å². The number of anilines is 2. The molecule has 25 heavy (non-hydrogen) atoms. The van der Waals surface area contributed by atoms with Gasteiger partial charge in [-0.2, -0.15) is 0 Å². The maximum Gasteiger partial charge on any atom is 0.252 e. The number of amides is 1. The largest absolute Gasteiger partial charge is 0.354 e. The van der Waals surface area contributed by atoms with Gasteiger partial charge in [0.05, 0.1) is 17.4 Å². The smallest absolute Gasteiger partial charge is 0.252 e. The van der Waals surface area contributed by atoms with Gasteiger partial charge in [-0.15, -0.1) is 0 Å². The van der Waals surface area contributed by atoms with E-state index < -0.39 is 0 Å². The van der Waals surface area contributed by atoms with Crippen molar-refractivity contribution in [3.63, 3.8) is 0 Å². The first kappa shape index (κ1) is 19.0. The second-order valence-electron chi connectivity index (χ2n) is 7.22. The molecule has 2 rings (SSSR count). The van der Waals surface area contributed by atoms with Gasteiger partial charge in [-0.3, -0.25) is 9.78 Å². The van der Waals surface area contributed by atoms with Gasteiger partial charge in [0.1, 0.15) is 0 Å². The van der Waals surface area contributed by atoms with Crippen LogP contribution in [0.25, 0.3) is 0 Å². The molecule has 0 bridgehead atoms. The Morgan fingerprint density at radius 2 is 1.92 bits per heavy atom. The summed E-state index contributed by atoms with van der Waals surface area (Å²) in [6, 6.07) is 8.15. The molecule has 2 aromatic rings. The maximum absolute atomic E-state index is 12.3. The van der Waals surface area contributed by atoms with Crippen LogP contribution in [0.5, 0.6) is 0 Å². The van der Waals surface area contributed by atoms with Gasteiger partial charge in [0, 0.05) is 18.4 Å². The zero-order chi connectivity index (χ0) is 18.4. The predicted molar refractivity (Wildman–Crippen MR) is 105 cm³/mol. The van der Waals surface area contributed by atoms with Crippen LogP contribution in [0, 0.1) is 12.8 Å². The fourth-order valence-corrected chi connectivity index (χ4v) is 2.70. The van der Waals surface area contributed by atoms with Crippen LogP contribution in [-0.4, -0.2) is 17.4 Å². The minimum absolute atomic E-state index is 0.0781. The van der Waals surface area contributed by atoms with E-state index in [1.165, 1.54) is 11.1 Å². The van der Waals surface area contributed by atoms with E-state index in [1.807, 2.05) is 6.07 Å². The lowest BCUT2D eigenvalue weighted by atomic mass is 9.98. The fraction of sp³-hybridized carbons (Fsp3) is 0.429. The van der Waals surface area contributed by atoms with Crippen molar-refractivity contribution in [2.75, 3.05) is 11.9 Å². The van der Waals surface area contributed by atoms with Gasteiger partial charge in [0.15, 0.2) is 0 Å². The van der Waals surface area contributed by atoms with Crippen LogP contribution in [0.4, 0.5) is 11.4 Å². The number of hydrogen-bond acceptors (Lipinski definition) is 3. The molecule has 4 heteroatoms. The minimum Gasteiger partial charge on any atom is -0.354 e. The second kappa shape index (κ2) is 8.65. The van der Waals surface area contributed by atoms with Crippen LogP contribution in [0.2, 0.25) is 0 Å². The molecular weight excluding hydrogens is 310 g/mol. The van der Waals surface area contributed by atoms with Crippen molar-refractivity contribution in [1.82, 2.24) is 10.3 Å². The molecule has 0 atom stereocenters. The molecule has 1 amide bonds. The Hall–Kier alpha value is -2.36. The number of benzene rings is 1. The Labute approximate surface area is 151 Å². The molecule has 0 spiro atoms. The second-order valence-corrected chi connectivity index (χ2v) is 7.22. The molecule has 0 fully saturated rings. The van der Waals surface area contributed by atoms with Crippen molar-refractivity contribution in [2.24, 2.45) is 5.92 Å². The molecule has 0 radical (unpaired) electrons. The summed E-state index contributed by atoms with van der Waals surface area (Å²) in [7, 11) is 0. The average molecular weight is 339 g/mol. The zero-order valence-corrected chi connectivity index (χ0v) is 15.9. The Balaban J connectivity index is 2.16. The van der Waals surface area contributed by atoms with Crippen LogP contribution in [0.15, 0.2) is 36.7 Å². The Bertz CT molecular complexity index is 723. The monoisotopic (exact) mass is 339 g/mol. The summed E-state index contributed by atoms with van der Waals surface area (Å²) < 4.78 is 0. The van der Waals surface area contributed by atoms with Crippen molar-refractivity contribution in [2.45, 2.75) is 47.0 Å². The van der Waals surface area contributed by atoms with Crippen LogP contribution in [0.3, 0.4) is 0 Å². The van der Waals surface area contributed by atoms with Gasteiger partial charge >= 0.3 is 0 Å². The molecule has 0 aliphatic heterocycles. The minimum atomic E-state index is -0.0781. The molecule has 134 valence electrons. The standard InChI is InChI=1S/C21H29N3O/c1-14(2)9-10-23-21(25)17-11-18(13-22-12-17)24-20-16(5)7-6-8-19(20)15(3)4/h6-8,11-15,24H,9-10H2,1-5H3,(H,23,25). The first-order chi connectivity index (χ1) is 11.9. The van der Waals surface area contributed by atoms with E-state index in [1.54, 1.807) is 12.4 Å². The summed E-state index contributed by atoms with van der Waals surface area (Å²) in [5, 5.41) is 6.40. The summed E-state index contributed by atoms with van der Waals surface area (Å²) in [5.74, 6) is 0.908. The molecular formula is C21H29N3O. The molecule has 1 heterocycles. The van der Waals surface area contributed by atoms with Crippen LogP contribution >= 0.6 is 0 Å². The van der Waals surface area contributed by atoms with Gasteiger partial charge in [-0.25, -0.2) is 0 Å². The number of carbonyl (C=O) groups excluding carboxylic acids is 1. The van der Waals surface area contributed by atoms with Crippen LogP contribution in [-0.2, 0) is 0 Å². The van der Waals surface area contributed by atoms with Crippen molar-refractivity contribution in [3.8, 4) is 0 Å². The number of hydrogen-bond donors (Lipinski definition) is 2. The van der Waals surface area contributed by atoms with E-state index in [4.69, 9.17) is 0 Å². The number of carbonyl (C=O) groups is 1. The molecule has 0 aliphatic rings. The third-order valence-corrected chi connectivity index (χ3v) is 4.20. The number of pyridine rings is 1. The van der Waals surface area contributed by atoms with Crippen LogP contribution < -0.4 is 10.6 Å². The summed E-state index contributed by atoms with van der Waals surface area (Å²) >= 11 is 0. The highest BCUT2D eigenvalue weighted by atomic mass is 16.1. The van der Waals surface area contributed by atoms with Crippen LogP contribution in [0.1, 0.15) is 61.5 Å². The van der Waals surface area contributed by atoms with Gasteiger partial charge in [0.25, 0.3) is 5.91 Å². The van der Waals surface area contributed by atoms with Crippen molar-refractivity contribution < 1.29 is 4.79 Å². The van der Waals surface area contributed by atoms with Gasteiger partial charge < -0.3 is 10.6 Å². The van der Waals surface area contributed by atoms with Gasteiger partial charge in [-0.05, 0) is 42.4 Å². The third kappa shape index (κ3) is 5.31. The Kier molecular flexibility index (Phi) is 6.57. The quantitative estimate of drug-likeness (QED) is 0.743. The molecule has 1 aromatic carbocycles. The third-order valence-electron chi connectivity index (χ3n) is 4.20. The molecule has 0 unspecified atom stereocenters. The first-order valence-corrected chi connectivity index (χ1v) is 8.98. The molecule has 4 nitrogen and oxygen atoms in total. The molecule has 0 saturated heterocycles.